The summed E-state index contributed by atoms with van der Waals surface area (Å²) in [6.45, 7) is 2.39. The van der Waals surface area contributed by atoms with E-state index in [1.807, 2.05) is 0 Å². The third kappa shape index (κ3) is 2.80. The minimum Gasteiger partial charge on any atom is -0.481 e. The molecular formula is C10H12F3N3O2S. The lowest BCUT2D eigenvalue weighted by atomic mass is 9.81. The molecule has 0 aromatic carbocycles. The smallest absolute Gasteiger partial charge is 0.445 e. The second kappa shape index (κ2) is 4.62. The van der Waals surface area contributed by atoms with Gasteiger partial charge < -0.3 is 10.0 Å². The SMILES string of the molecule is CC1(C(=O)O)CCN(c2nnc(C(F)(F)F)s2)CC1. The molecule has 1 saturated heterocycles. The molecular weight excluding hydrogens is 283 g/mol. The Balaban J connectivity index is 2.06. The average molecular weight is 295 g/mol. The molecule has 1 aromatic heterocycles. The van der Waals surface area contributed by atoms with Crippen LogP contribution in [0, 0.1) is 5.41 Å². The minimum atomic E-state index is -4.48. The van der Waals surface area contributed by atoms with Gasteiger partial charge in [-0.2, -0.15) is 13.2 Å². The van der Waals surface area contributed by atoms with Crippen LogP contribution in [-0.4, -0.2) is 34.4 Å². The number of carbonyl (C=O) groups is 1. The van der Waals surface area contributed by atoms with Crippen LogP contribution in [0.4, 0.5) is 18.3 Å². The second-order valence-corrected chi connectivity index (χ2v) is 5.70. The summed E-state index contributed by atoms with van der Waals surface area (Å²) < 4.78 is 37.2. The predicted octanol–water partition coefficient (Wildman–Crippen LogP) is 2.25. The summed E-state index contributed by atoms with van der Waals surface area (Å²) in [4.78, 5) is 12.7. The number of halogens is 3. The first-order chi connectivity index (χ1) is 8.72. The van der Waals surface area contributed by atoms with Gasteiger partial charge in [-0.15, -0.1) is 10.2 Å². The van der Waals surface area contributed by atoms with E-state index in [4.69, 9.17) is 5.11 Å². The Morgan fingerprint density at radius 1 is 1.37 bits per heavy atom. The van der Waals surface area contributed by atoms with Crippen LogP contribution in [0.25, 0.3) is 0 Å². The van der Waals surface area contributed by atoms with Crippen molar-refractivity contribution in [3.05, 3.63) is 5.01 Å². The maximum absolute atomic E-state index is 12.4. The number of nitrogens with zero attached hydrogens (tertiary/aromatic N) is 3. The molecule has 19 heavy (non-hydrogen) atoms. The lowest BCUT2D eigenvalue weighted by molar-refractivity contribution is -0.149. The largest absolute Gasteiger partial charge is 0.481 e. The summed E-state index contributed by atoms with van der Waals surface area (Å²) in [7, 11) is 0. The molecule has 1 aliphatic rings. The first-order valence-electron chi connectivity index (χ1n) is 5.61. The van der Waals surface area contributed by atoms with Crippen molar-refractivity contribution in [2.45, 2.75) is 25.9 Å². The van der Waals surface area contributed by atoms with Crippen molar-refractivity contribution in [3.63, 3.8) is 0 Å². The molecule has 5 nitrogen and oxygen atoms in total. The number of rotatable bonds is 2. The Kier molecular flexibility index (Phi) is 3.41. The van der Waals surface area contributed by atoms with Crippen LogP contribution in [-0.2, 0) is 11.0 Å². The number of anilines is 1. The topological polar surface area (TPSA) is 66.3 Å². The monoisotopic (exact) mass is 295 g/mol. The molecule has 0 saturated carbocycles. The Morgan fingerprint density at radius 3 is 2.37 bits per heavy atom. The predicted molar refractivity (Wildman–Crippen MR) is 62.1 cm³/mol. The third-order valence-electron chi connectivity index (χ3n) is 3.31. The van der Waals surface area contributed by atoms with Crippen molar-refractivity contribution in [2.75, 3.05) is 18.0 Å². The number of hydrogen-bond donors (Lipinski definition) is 1. The van der Waals surface area contributed by atoms with Crippen LogP contribution < -0.4 is 4.90 Å². The zero-order chi connectivity index (χ0) is 14.3. The Morgan fingerprint density at radius 2 is 1.95 bits per heavy atom. The maximum Gasteiger partial charge on any atom is 0.445 e. The first-order valence-corrected chi connectivity index (χ1v) is 6.43. The van der Waals surface area contributed by atoms with Gasteiger partial charge in [-0.1, -0.05) is 11.3 Å². The van der Waals surface area contributed by atoms with E-state index >= 15 is 0 Å². The van der Waals surface area contributed by atoms with E-state index in [2.05, 4.69) is 10.2 Å². The fourth-order valence-corrected chi connectivity index (χ4v) is 2.63. The van der Waals surface area contributed by atoms with E-state index in [1.54, 1.807) is 11.8 Å². The standard InChI is InChI=1S/C10H12F3N3O2S/c1-9(7(17)18)2-4-16(5-3-9)8-15-14-6(19-8)10(11,12)13/h2-5H2,1H3,(H,17,18). The zero-order valence-corrected chi connectivity index (χ0v) is 10.9. The molecule has 106 valence electrons. The highest BCUT2D eigenvalue weighted by molar-refractivity contribution is 7.15. The Bertz CT molecular complexity index is 481. The van der Waals surface area contributed by atoms with E-state index in [9.17, 15) is 18.0 Å². The molecule has 2 rings (SSSR count). The molecule has 0 unspecified atom stereocenters. The summed E-state index contributed by atoms with van der Waals surface area (Å²) in [5.74, 6) is -0.875. The van der Waals surface area contributed by atoms with Crippen molar-refractivity contribution < 1.29 is 23.1 Å². The molecule has 1 aliphatic heterocycles. The van der Waals surface area contributed by atoms with E-state index in [0.717, 1.165) is 0 Å². The van der Waals surface area contributed by atoms with E-state index < -0.39 is 22.6 Å². The van der Waals surface area contributed by atoms with Crippen LogP contribution in [0.2, 0.25) is 0 Å². The van der Waals surface area contributed by atoms with E-state index in [-0.39, 0.29) is 5.13 Å². The van der Waals surface area contributed by atoms with Crippen molar-refractivity contribution in [3.8, 4) is 0 Å². The quantitative estimate of drug-likeness (QED) is 0.906. The molecule has 0 aliphatic carbocycles. The van der Waals surface area contributed by atoms with Gasteiger partial charge in [0.1, 0.15) is 0 Å². The van der Waals surface area contributed by atoms with Crippen molar-refractivity contribution >= 4 is 22.4 Å². The summed E-state index contributed by atoms with van der Waals surface area (Å²) >= 11 is 0.486. The number of aromatic nitrogens is 2. The second-order valence-electron chi connectivity index (χ2n) is 4.74. The highest BCUT2D eigenvalue weighted by Gasteiger charge is 2.39. The van der Waals surface area contributed by atoms with Crippen LogP contribution in [0.5, 0.6) is 0 Å². The van der Waals surface area contributed by atoms with Crippen LogP contribution in [0.3, 0.4) is 0 Å². The molecule has 9 heteroatoms. The van der Waals surface area contributed by atoms with Gasteiger partial charge in [-0.25, -0.2) is 0 Å². The van der Waals surface area contributed by atoms with Gasteiger partial charge in [0.15, 0.2) is 0 Å². The third-order valence-corrected chi connectivity index (χ3v) is 4.34. The number of hydrogen-bond acceptors (Lipinski definition) is 5. The van der Waals surface area contributed by atoms with E-state index in [1.165, 1.54) is 0 Å². The summed E-state index contributed by atoms with van der Waals surface area (Å²) in [5, 5.41) is 14.9. The van der Waals surface area contributed by atoms with Crippen LogP contribution >= 0.6 is 11.3 Å². The lowest BCUT2D eigenvalue weighted by Gasteiger charge is -2.35. The molecule has 0 spiro atoms. The minimum absolute atomic E-state index is 0.194. The molecule has 1 N–H and O–H groups in total. The summed E-state index contributed by atoms with van der Waals surface area (Å²) in [6, 6.07) is 0. The molecule has 0 radical (unpaired) electrons. The van der Waals surface area contributed by atoms with Crippen molar-refractivity contribution in [2.24, 2.45) is 5.41 Å². The molecule has 0 bridgehead atoms. The molecule has 1 aromatic rings. The van der Waals surface area contributed by atoms with Crippen LogP contribution in [0.1, 0.15) is 24.8 Å². The van der Waals surface area contributed by atoms with Gasteiger partial charge in [0, 0.05) is 13.1 Å². The zero-order valence-electron chi connectivity index (χ0n) is 10.1. The Labute approximate surface area is 111 Å². The highest BCUT2D eigenvalue weighted by Crippen LogP contribution is 2.37. The average Bonchev–Trinajstić information content (AvgIpc) is 2.79. The number of aliphatic carboxylic acids is 1. The fraction of sp³-hybridized carbons (Fsp3) is 0.700. The Hall–Kier alpha value is -1.38. The molecule has 1 fully saturated rings. The molecule has 0 amide bonds. The number of alkyl halides is 3. The van der Waals surface area contributed by atoms with E-state index in [0.29, 0.717) is 37.3 Å². The maximum atomic E-state index is 12.4. The van der Waals surface area contributed by atoms with Crippen molar-refractivity contribution in [1.82, 2.24) is 10.2 Å². The van der Waals surface area contributed by atoms with Gasteiger partial charge in [-0.05, 0) is 19.8 Å². The van der Waals surface area contributed by atoms with Gasteiger partial charge in [-0.3, -0.25) is 4.79 Å². The van der Waals surface area contributed by atoms with Gasteiger partial charge in [0.05, 0.1) is 5.41 Å². The highest BCUT2D eigenvalue weighted by atomic mass is 32.1. The van der Waals surface area contributed by atoms with Crippen LogP contribution in [0.15, 0.2) is 0 Å². The molecule has 0 atom stereocenters. The lowest BCUT2D eigenvalue weighted by Crippen LogP contribution is -2.42. The number of carboxylic acids is 1. The summed E-state index contributed by atoms with van der Waals surface area (Å²) in [5.41, 5.74) is -0.811. The summed E-state index contributed by atoms with van der Waals surface area (Å²) in [6.07, 6.45) is -3.73. The molecule has 2 heterocycles. The number of carboxylic acid groups (broad SMARTS) is 1. The normalized spacial score (nSPS) is 19.5. The van der Waals surface area contributed by atoms with Gasteiger partial charge in [0.2, 0.25) is 10.1 Å². The van der Waals surface area contributed by atoms with Crippen molar-refractivity contribution in [1.29, 1.82) is 0 Å². The fourth-order valence-electron chi connectivity index (χ4n) is 1.86. The van der Waals surface area contributed by atoms with Gasteiger partial charge >= 0.3 is 12.1 Å². The first kappa shape index (κ1) is 14.0. The number of piperidine rings is 1. The van der Waals surface area contributed by atoms with Gasteiger partial charge in [0.25, 0.3) is 0 Å².